The topological polar surface area (TPSA) is 96.5 Å². The van der Waals surface area contributed by atoms with E-state index in [4.69, 9.17) is 4.74 Å². The van der Waals surface area contributed by atoms with Gasteiger partial charge in [-0.15, -0.1) is 0 Å². The van der Waals surface area contributed by atoms with Crippen LogP contribution in [-0.4, -0.2) is 73.6 Å². The second-order valence-electron chi connectivity index (χ2n) is 6.22. The van der Waals surface area contributed by atoms with Crippen molar-refractivity contribution in [3.8, 4) is 0 Å². The fourth-order valence-corrected chi connectivity index (χ4v) is 3.14. The van der Waals surface area contributed by atoms with Gasteiger partial charge >= 0.3 is 12.1 Å². The van der Waals surface area contributed by atoms with Crippen LogP contribution in [0.4, 0.5) is 10.5 Å². The first-order valence-electron chi connectivity index (χ1n) is 8.91. The molecule has 0 radical (unpaired) electrons. The number of ether oxygens (including phenoxy) is 2. The molecule has 1 saturated heterocycles. The third kappa shape index (κ3) is 3.68. The Bertz CT molecular complexity index is 825. The maximum Gasteiger partial charge on any atom is 0.409 e. The molecule has 148 valence electrons. The number of methoxy groups -OCH3 is 1. The van der Waals surface area contributed by atoms with Crippen LogP contribution in [0.15, 0.2) is 36.0 Å². The van der Waals surface area contributed by atoms with Crippen molar-refractivity contribution < 1.29 is 28.7 Å². The molecule has 0 bridgehead atoms. The smallest absolute Gasteiger partial charge is 0.409 e. The minimum absolute atomic E-state index is 0.297. The summed E-state index contributed by atoms with van der Waals surface area (Å²) in [7, 11) is 1.28. The van der Waals surface area contributed by atoms with Crippen LogP contribution in [-0.2, 0) is 19.1 Å². The van der Waals surface area contributed by atoms with Crippen molar-refractivity contribution in [1.29, 1.82) is 0 Å². The van der Waals surface area contributed by atoms with Gasteiger partial charge in [0.25, 0.3) is 11.8 Å². The van der Waals surface area contributed by atoms with Crippen molar-refractivity contribution in [3.63, 3.8) is 0 Å². The normalized spacial score (nSPS) is 16.9. The largest absolute Gasteiger partial charge is 0.465 e. The zero-order valence-corrected chi connectivity index (χ0v) is 15.7. The molecule has 28 heavy (non-hydrogen) atoms. The zero-order chi connectivity index (χ0) is 20.3. The number of esters is 1. The number of carbonyl (C=O) groups is 4. The maximum absolute atomic E-state index is 12.8. The summed E-state index contributed by atoms with van der Waals surface area (Å²) in [5.74, 6) is -1.37. The number of hydrogen-bond donors (Lipinski definition) is 0. The lowest BCUT2D eigenvalue weighted by atomic mass is 10.2. The van der Waals surface area contributed by atoms with Gasteiger partial charge in [-0.25, -0.2) is 14.5 Å². The Morgan fingerprint density at radius 2 is 1.68 bits per heavy atom. The predicted molar refractivity (Wildman–Crippen MR) is 98.5 cm³/mol. The van der Waals surface area contributed by atoms with Gasteiger partial charge in [0.1, 0.15) is 5.70 Å². The summed E-state index contributed by atoms with van der Waals surface area (Å²) < 4.78 is 9.62. The number of imide groups is 1. The fourth-order valence-electron chi connectivity index (χ4n) is 3.14. The minimum atomic E-state index is -0.496. The second kappa shape index (κ2) is 8.12. The molecule has 0 unspecified atom stereocenters. The molecule has 2 aliphatic heterocycles. The molecule has 0 aliphatic carbocycles. The summed E-state index contributed by atoms with van der Waals surface area (Å²) in [5, 5.41) is 0. The Kier molecular flexibility index (Phi) is 5.62. The molecule has 3 rings (SSSR count). The highest BCUT2D eigenvalue weighted by Gasteiger charge is 2.36. The van der Waals surface area contributed by atoms with E-state index in [1.807, 2.05) is 0 Å². The van der Waals surface area contributed by atoms with Gasteiger partial charge in [-0.2, -0.15) is 0 Å². The van der Waals surface area contributed by atoms with E-state index in [0.29, 0.717) is 49.7 Å². The zero-order valence-electron chi connectivity index (χ0n) is 15.7. The van der Waals surface area contributed by atoms with Crippen molar-refractivity contribution in [2.45, 2.75) is 6.92 Å². The highest BCUT2D eigenvalue weighted by Crippen LogP contribution is 2.25. The molecule has 9 nitrogen and oxygen atoms in total. The highest BCUT2D eigenvalue weighted by molar-refractivity contribution is 6.30. The lowest BCUT2D eigenvalue weighted by molar-refractivity contribution is -0.121. The first kappa shape index (κ1) is 19.4. The molecule has 0 saturated carbocycles. The van der Waals surface area contributed by atoms with Gasteiger partial charge in [0.15, 0.2) is 0 Å². The molecular weight excluding hydrogens is 366 g/mol. The van der Waals surface area contributed by atoms with Gasteiger partial charge in [-0.3, -0.25) is 9.59 Å². The van der Waals surface area contributed by atoms with E-state index >= 15 is 0 Å². The van der Waals surface area contributed by atoms with E-state index in [-0.39, 0.29) is 6.09 Å². The molecule has 0 spiro atoms. The standard InChI is InChI=1S/C19H21N3O6/c1-3-28-19(26)21-10-8-20(9-11-21)15-12-16(23)22(17(15)24)14-6-4-13(5-7-14)18(25)27-2/h4-7,12H,3,8-11H2,1-2H3. The second-order valence-corrected chi connectivity index (χ2v) is 6.22. The van der Waals surface area contributed by atoms with Crippen LogP contribution in [0.2, 0.25) is 0 Å². The van der Waals surface area contributed by atoms with Crippen LogP contribution in [0, 0.1) is 0 Å². The Morgan fingerprint density at radius 1 is 1.04 bits per heavy atom. The average molecular weight is 387 g/mol. The fraction of sp³-hybridized carbons (Fsp3) is 0.368. The van der Waals surface area contributed by atoms with Gasteiger partial charge in [0, 0.05) is 32.3 Å². The van der Waals surface area contributed by atoms with Crippen LogP contribution >= 0.6 is 0 Å². The number of hydrogen-bond acceptors (Lipinski definition) is 7. The van der Waals surface area contributed by atoms with Gasteiger partial charge in [0.2, 0.25) is 0 Å². The molecule has 2 heterocycles. The summed E-state index contributed by atoms with van der Waals surface area (Å²) in [6.45, 7) is 3.73. The van der Waals surface area contributed by atoms with Crippen molar-refractivity contribution in [1.82, 2.24) is 9.80 Å². The Labute approximate surface area is 162 Å². The Hall–Kier alpha value is -3.36. The first-order valence-corrected chi connectivity index (χ1v) is 8.91. The molecule has 1 fully saturated rings. The summed E-state index contributed by atoms with van der Waals surface area (Å²) >= 11 is 0. The first-order chi connectivity index (χ1) is 13.5. The lowest BCUT2D eigenvalue weighted by Gasteiger charge is -2.35. The van der Waals surface area contributed by atoms with Gasteiger partial charge in [-0.05, 0) is 31.2 Å². The van der Waals surface area contributed by atoms with Crippen LogP contribution in [0.3, 0.4) is 0 Å². The summed E-state index contributed by atoms with van der Waals surface area (Å²) in [6, 6.07) is 6.05. The third-order valence-electron chi connectivity index (χ3n) is 4.60. The molecule has 0 N–H and O–H groups in total. The molecule has 0 aromatic heterocycles. The summed E-state index contributed by atoms with van der Waals surface area (Å²) in [5.41, 5.74) is 0.998. The Balaban J connectivity index is 1.67. The number of amides is 3. The van der Waals surface area contributed by atoms with Crippen LogP contribution in [0.1, 0.15) is 17.3 Å². The number of piperazine rings is 1. The number of benzene rings is 1. The van der Waals surface area contributed by atoms with Crippen LogP contribution in [0.5, 0.6) is 0 Å². The monoisotopic (exact) mass is 387 g/mol. The number of nitrogens with zero attached hydrogens (tertiary/aromatic N) is 3. The highest BCUT2D eigenvalue weighted by atomic mass is 16.6. The van der Waals surface area contributed by atoms with Crippen molar-refractivity contribution >= 4 is 29.6 Å². The van der Waals surface area contributed by atoms with Crippen molar-refractivity contribution in [2.75, 3.05) is 44.8 Å². The van der Waals surface area contributed by atoms with Gasteiger partial charge in [0.05, 0.1) is 25.0 Å². The molecule has 1 aromatic rings. The Morgan fingerprint density at radius 3 is 2.25 bits per heavy atom. The molecule has 9 heteroatoms. The summed E-state index contributed by atoms with van der Waals surface area (Å²) in [6.07, 6.45) is 0.925. The van der Waals surface area contributed by atoms with Crippen LogP contribution in [0.25, 0.3) is 0 Å². The lowest BCUT2D eigenvalue weighted by Crippen LogP contribution is -2.49. The van der Waals surface area contributed by atoms with E-state index in [1.54, 1.807) is 16.7 Å². The van der Waals surface area contributed by atoms with Crippen molar-refractivity contribution in [3.05, 3.63) is 41.6 Å². The van der Waals surface area contributed by atoms with E-state index in [1.165, 1.54) is 37.5 Å². The van der Waals surface area contributed by atoms with E-state index in [2.05, 4.69) is 4.74 Å². The average Bonchev–Trinajstić information content (AvgIpc) is 3.02. The molecule has 3 amide bonds. The molecular formula is C19H21N3O6. The predicted octanol–water partition coefficient (Wildman–Crippen LogP) is 1.00. The minimum Gasteiger partial charge on any atom is -0.465 e. The number of rotatable bonds is 4. The SMILES string of the molecule is CCOC(=O)N1CCN(C2=CC(=O)N(c3ccc(C(=O)OC)cc3)C2=O)CC1. The van der Waals surface area contributed by atoms with E-state index in [9.17, 15) is 19.2 Å². The quantitative estimate of drug-likeness (QED) is 0.562. The number of carbonyl (C=O) groups excluding carboxylic acids is 4. The molecule has 2 aliphatic rings. The van der Waals surface area contributed by atoms with Gasteiger partial charge in [-0.1, -0.05) is 0 Å². The number of anilines is 1. The van der Waals surface area contributed by atoms with Crippen molar-refractivity contribution in [2.24, 2.45) is 0 Å². The van der Waals surface area contributed by atoms with E-state index in [0.717, 1.165) is 4.90 Å². The maximum atomic E-state index is 12.8. The summed E-state index contributed by atoms with van der Waals surface area (Å²) in [4.78, 5) is 52.9. The molecule has 0 atom stereocenters. The van der Waals surface area contributed by atoms with Crippen LogP contribution < -0.4 is 4.90 Å². The van der Waals surface area contributed by atoms with Gasteiger partial charge < -0.3 is 19.3 Å². The van der Waals surface area contributed by atoms with E-state index < -0.39 is 17.8 Å². The third-order valence-corrected chi connectivity index (χ3v) is 4.60. The molecule has 1 aromatic carbocycles.